The Hall–Kier alpha value is -4.66. The summed E-state index contributed by atoms with van der Waals surface area (Å²) >= 11 is 0. The molecule has 9 heteroatoms. The van der Waals surface area contributed by atoms with Crippen LogP contribution in [0.3, 0.4) is 0 Å². The van der Waals surface area contributed by atoms with Crippen LogP contribution in [-0.4, -0.2) is 39.1 Å². The molecule has 0 unspecified atom stereocenters. The molecular weight excluding hydrogens is 478 g/mol. The molecule has 0 saturated heterocycles. The molecule has 3 aromatic carbocycles. The van der Waals surface area contributed by atoms with Crippen molar-refractivity contribution in [2.24, 2.45) is 0 Å². The number of aromatic hydroxyl groups is 1. The van der Waals surface area contributed by atoms with Crippen LogP contribution >= 0.6 is 0 Å². The molecule has 196 valence electrons. The van der Waals surface area contributed by atoms with Crippen molar-refractivity contribution in [3.05, 3.63) is 90.5 Å². The van der Waals surface area contributed by atoms with Gasteiger partial charge in [-0.15, -0.1) is 0 Å². The Labute approximate surface area is 222 Å². The largest absolute Gasteiger partial charge is 0.508 e. The van der Waals surface area contributed by atoms with Gasteiger partial charge in [0.15, 0.2) is 0 Å². The molecule has 1 amide bonds. The van der Waals surface area contributed by atoms with E-state index in [1.807, 2.05) is 60.7 Å². The Morgan fingerprint density at radius 1 is 0.605 bits per heavy atom. The van der Waals surface area contributed by atoms with Gasteiger partial charge in [0.25, 0.3) is 5.91 Å². The van der Waals surface area contributed by atoms with Crippen molar-refractivity contribution in [1.29, 1.82) is 0 Å². The molecule has 5 N–H and O–H groups in total. The highest BCUT2D eigenvalue weighted by Gasteiger charge is 2.08. The van der Waals surface area contributed by atoms with Gasteiger partial charge in [0.05, 0.1) is 0 Å². The zero-order chi connectivity index (χ0) is 26.4. The minimum absolute atomic E-state index is 0.0208. The first-order chi connectivity index (χ1) is 18.7. The molecule has 9 nitrogen and oxygen atoms in total. The van der Waals surface area contributed by atoms with Gasteiger partial charge < -0.3 is 26.4 Å². The van der Waals surface area contributed by atoms with Crippen molar-refractivity contribution >= 4 is 35.1 Å². The fourth-order valence-electron chi connectivity index (χ4n) is 3.77. The third kappa shape index (κ3) is 8.77. The van der Waals surface area contributed by atoms with E-state index in [4.69, 9.17) is 0 Å². The van der Waals surface area contributed by atoms with Crippen LogP contribution in [-0.2, 0) is 0 Å². The molecule has 0 saturated carbocycles. The number of carbonyl (C=O) groups is 1. The van der Waals surface area contributed by atoms with Gasteiger partial charge in [-0.3, -0.25) is 4.79 Å². The number of hydrogen-bond acceptors (Lipinski definition) is 8. The fraction of sp³-hybridized carbons (Fsp3) is 0.241. The number of anilines is 5. The predicted octanol–water partition coefficient (Wildman–Crippen LogP) is 5.86. The highest BCUT2D eigenvalue weighted by Crippen LogP contribution is 2.20. The number of carbonyl (C=O) groups excluding carboxylic acids is 1. The molecule has 1 aromatic heterocycles. The van der Waals surface area contributed by atoms with Gasteiger partial charge in [-0.2, -0.15) is 15.0 Å². The Morgan fingerprint density at radius 3 is 1.79 bits per heavy atom. The average molecular weight is 512 g/mol. The van der Waals surface area contributed by atoms with Crippen LogP contribution in [0.1, 0.15) is 42.5 Å². The molecule has 0 aliphatic heterocycles. The topological polar surface area (TPSA) is 124 Å². The number of phenolic OH excluding ortho intramolecular Hbond substituents is 1. The van der Waals surface area contributed by atoms with Crippen molar-refractivity contribution in [2.75, 3.05) is 29.0 Å². The molecule has 0 atom stereocenters. The molecular formula is C29H33N7O2. The molecule has 0 fully saturated rings. The maximum Gasteiger partial charge on any atom is 0.251 e. The van der Waals surface area contributed by atoms with Crippen LogP contribution in [0, 0.1) is 0 Å². The number of hydrogen-bond donors (Lipinski definition) is 5. The van der Waals surface area contributed by atoms with E-state index in [0.717, 1.165) is 50.0 Å². The Bertz CT molecular complexity index is 1270. The smallest absolute Gasteiger partial charge is 0.251 e. The number of aromatic nitrogens is 3. The van der Waals surface area contributed by atoms with Gasteiger partial charge in [-0.1, -0.05) is 55.7 Å². The fourth-order valence-corrected chi connectivity index (χ4v) is 3.77. The molecule has 4 aromatic rings. The molecule has 38 heavy (non-hydrogen) atoms. The Balaban J connectivity index is 1.22. The van der Waals surface area contributed by atoms with Crippen molar-refractivity contribution < 1.29 is 9.90 Å². The van der Waals surface area contributed by atoms with Crippen LogP contribution < -0.4 is 21.3 Å². The Kier molecular flexibility index (Phi) is 9.85. The lowest BCUT2D eigenvalue weighted by Gasteiger charge is -2.11. The lowest BCUT2D eigenvalue weighted by Crippen LogP contribution is -2.24. The third-order valence-electron chi connectivity index (χ3n) is 5.75. The molecule has 0 spiro atoms. The summed E-state index contributed by atoms with van der Waals surface area (Å²) in [6.45, 7) is 1.42. The van der Waals surface area contributed by atoms with Crippen molar-refractivity contribution in [3.63, 3.8) is 0 Å². The van der Waals surface area contributed by atoms with Gasteiger partial charge in [-0.25, -0.2) is 0 Å². The number of amides is 1. The summed E-state index contributed by atoms with van der Waals surface area (Å²) in [7, 11) is 0. The maximum absolute atomic E-state index is 12.1. The Morgan fingerprint density at radius 2 is 1.13 bits per heavy atom. The molecule has 4 rings (SSSR count). The van der Waals surface area contributed by atoms with Crippen LogP contribution in [0.4, 0.5) is 29.2 Å². The number of para-hydroxylation sites is 1. The molecule has 0 bridgehead atoms. The summed E-state index contributed by atoms with van der Waals surface area (Å²) in [5.74, 6) is 1.46. The predicted molar refractivity (Wildman–Crippen MR) is 151 cm³/mol. The highest BCUT2D eigenvalue weighted by atomic mass is 16.3. The first kappa shape index (κ1) is 26.4. The summed E-state index contributed by atoms with van der Waals surface area (Å²) in [5.41, 5.74) is 2.33. The van der Waals surface area contributed by atoms with E-state index in [-0.39, 0.29) is 11.7 Å². The van der Waals surface area contributed by atoms with Gasteiger partial charge in [-0.05, 0) is 61.4 Å². The second-order valence-electron chi connectivity index (χ2n) is 8.79. The molecule has 0 aliphatic carbocycles. The number of nitrogens with zero attached hydrogens (tertiary/aromatic N) is 3. The number of benzene rings is 3. The summed E-state index contributed by atoms with van der Waals surface area (Å²) in [5, 5.41) is 22.2. The van der Waals surface area contributed by atoms with Gasteiger partial charge in [0, 0.05) is 30.0 Å². The van der Waals surface area contributed by atoms with Crippen LogP contribution in [0.2, 0.25) is 0 Å². The van der Waals surface area contributed by atoms with Crippen molar-refractivity contribution in [3.8, 4) is 5.75 Å². The maximum atomic E-state index is 12.1. The number of unbranched alkanes of at least 4 members (excludes halogenated alkanes) is 4. The van der Waals surface area contributed by atoms with Crippen molar-refractivity contribution in [1.82, 2.24) is 20.3 Å². The van der Waals surface area contributed by atoms with Crippen LogP contribution in [0.25, 0.3) is 0 Å². The first-order valence-corrected chi connectivity index (χ1v) is 12.9. The minimum Gasteiger partial charge on any atom is -0.508 e. The van der Waals surface area contributed by atoms with E-state index in [0.29, 0.717) is 30.0 Å². The minimum atomic E-state index is -0.0208. The third-order valence-corrected chi connectivity index (χ3v) is 5.75. The number of phenols is 1. The van der Waals surface area contributed by atoms with E-state index in [2.05, 4.69) is 36.2 Å². The average Bonchev–Trinajstić information content (AvgIpc) is 2.94. The second kappa shape index (κ2) is 14.2. The normalized spacial score (nSPS) is 10.5. The van der Waals surface area contributed by atoms with Crippen LogP contribution in [0.5, 0.6) is 5.75 Å². The van der Waals surface area contributed by atoms with Gasteiger partial charge in [0.2, 0.25) is 17.8 Å². The number of nitrogens with one attached hydrogen (secondary N) is 4. The zero-order valence-corrected chi connectivity index (χ0v) is 21.2. The quantitative estimate of drug-likeness (QED) is 0.105. The summed E-state index contributed by atoms with van der Waals surface area (Å²) in [4.78, 5) is 25.6. The summed E-state index contributed by atoms with van der Waals surface area (Å²) in [6, 6.07) is 25.7. The van der Waals surface area contributed by atoms with E-state index >= 15 is 0 Å². The highest BCUT2D eigenvalue weighted by molar-refractivity contribution is 5.94. The molecule has 0 radical (unpaired) electrons. The molecule has 1 heterocycles. The van der Waals surface area contributed by atoms with Crippen molar-refractivity contribution in [2.45, 2.75) is 32.1 Å². The first-order valence-electron chi connectivity index (χ1n) is 12.9. The number of rotatable bonds is 14. The van der Waals surface area contributed by atoms with E-state index < -0.39 is 0 Å². The zero-order valence-electron chi connectivity index (χ0n) is 21.2. The second-order valence-corrected chi connectivity index (χ2v) is 8.79. The van der Waals surface area contributed by atoms with E-state index in [1.165, 1.54) is 0 Å². The van der Waals surface area contributed by atoms with E-state index in [9.17, 15) is 9.90 Å². The summed E-state index contributed by atoms with van der Waals surface area (Å²) < 4.78 is 0. The standard InChI is InChI=1S/C29H33N7O2/c37-25-18-16-24(17-19-25)33-29-35-27(34-28(36-29)32-23-14-8-5-9-15-23)31-21-11-3-1-2-10-20-30-26(38)22-12-6-4-7-13-22/h4-9,12-19,37H,1-3,10-11,20-21H2,(H,30,38)(H3,31,32,33,34,35,36). The monoisotopic (exact) mass is 511 g/mol. The van der Waals surface area contributed by atoms with Gasteiger partial charge >= 0.3 is 0 Å². The summed E-state index contributed by atoms with van der Waals surface area (Å²) in [6.07, 6.45) is 5.16. The lowest BCUT2D eigenvalue weighted by atomic mass is 10.1. The van der Waals surface area contributed by atoms with Gasteiger partial charge in [0.1, 0.15) is 5.75 Å². The lowest BCUT2D eigenvalue weighted by molar-refractivity contribution is 0.0953. The SMILES string of the molecule is O=C(NCCCCCCCNc1nc(Nc2ccccc2)nc(Nc2ccc(O)cc2)n1)c1ccccc1. The van der Waals surface area contributed by atoms with E-state index in [1.54, 1.807) is 24.3 Å². The van der Waals surface area contributed by atoms with Crippen LogP contribution in [0.15, 0.2) is 84.9 Å². The molecule has 0 aliphatic rings.